The van der Waals surface area contributed by atoms with Crippen molar-refractivity contribution < 1.29 is 14.6 Å². The molecule has 7 heteroatoms. The fourth-order valence-corrected chi connectivity index (χ4v) is 3.08. The number of carboxylic acid groups (broad SMARTS) is 1. The van der Waals surface area contributed by atoms with Crippen LogP contribution in [0, 0.1) is 0 Å². The molecule has 0 aromatic heterocycles. The van der Waals surface area contributed by atoms with Gasteiger partial charge in [-0.2, -0.15) is 0 Å². The number of unbranched alkanes of at least 4 members (excludes halogenated alkanes) is 3. The predicted molar refractivity (Wildman–Crippen MR) is 109 cm³/mol. The summed E-state index contributed by atoms with van der Waals surface area (Å²) in [6.45, 7) is 4.09. The highest BCUT2D eigenvalue weighted by molar-refractivity contribution is 6.18. The molecule has 0 aliphatic heterocycles. The first-order valence-corrected chi connectivity index (χ1v) is 10.2. The number of rotatable bonds is 14. The number of hydrogen-bond acceptors (Lipinski definition) is 4. The van der Waals surface area contributed by atoms with Crippen molar-refractivity contribution in [3.8, 4) is 5.75 Å². The minimum absolute atomic E-state index is 0.259. The third-order valence-corrected chi connectivity index (χ3v) is 4.44. The van der Waals surface area contributed by atoms with Crippen LogP contribution >= 0.6 is 23.2 Å². The van der Waals surface area contributed by atoms with Crippen molar-refractivity contribution in [1.82, 2.24) is 0 Å². The summed E-state index contributed by atoms with van der Waals surface area (Å²) in [5, 5.41) is 9.04. The van der Waals surface area contributed by atoms with Crippen molar-refractivity contribution in [2.45, 2.75) is 45.1 Å². The first kappa shape index (κ1) is 22.9. The first-order chi connectivity index (χ1) is 12.5. The van der Waals surface area contributed by atoms with Crippen LogP contribution in [0.15, 0.2) is 18.2 Å². The van der Waals surface area contributed by atoms with E-state index in [1.807, 2.05) is 18.2 Å². The Hall–Kier alpha value is -1.17. The molecule has 5 nitrogen and oxygen atoms in total. The molecule has 0 aliphatic rings. The quantitative estimate of drug-likeness (QED) is 0.363. The number of hydrogen-bond donors (Lipinski definition) is 2. The van der Waals surface area contributed by atoms with Crippen LogP contribution < -0.4 is 15.4 Å². The van der Waals surface area contributed by atoms with E-state index in [9.17, 15) is 4.79 Å². The number of aliphatic carboxylic acids is 1. The monoisotopic (exact) mass is 404 g/mol. The molecule has 0 bridgehead atoms. The molecule has 1 atom stereocenters. The van der Waals surface area contributed by atoms with Crippen LogP contribution in [-0.2, 0) is 11.2 Å². The Morgan fingerprint density at radius 2 is 1.92 bits per heavy atom. The molecule has 0 heterocycles. The van der Waals surface area contributed by atoms with Crippen molar-refractivity contribution in [3.63, 3.8) is 0 Å². The van der Waals surface area contributed by atoms with E-state index in [0.717, 1.165) is 29.8 Å². The van der Waals surface area contributed by atoms with E-state index in [4.69, 9.17) is 38.8 Å². The number of carboxylic acids is 1. The summed E-state index contributed by atoms with van der Waals surface area (Å²) in [5.41, 5.74) is 7.41. The van der Waals surface area contributed by atoms with E-state index in [1.54, 1.807) is 0 Å². The van der Waals surface area contributed by atoms with E-state index in [2.05, 4.69) is 11.8 Å². The Bertz CT molecular complexity index is 538. The van der Waals surface area contributed by atoms with Crippen LogP contribution in [0.3, 0.4) is 0 Å². The fourth-order valence-electron chi connectivity index (χ4n) is 2.67. The maximum absolute atomic E-state index is 11.0. The molecule has 26 heavy (non-hydrogen) atoms. The highest BCUT2D eigenvalue weighted by atomic mass is 35.5. The molecule has 0 fully saturated rings. The van der Waals surface area contributed by atoms with Gasteiger partial charge in [0, 0.05) is 24.8 Å². The van der Waals surface area contributed by atoms with Crippen molar-refractivity contribution >= 4 is 34.9 Å². The Kier molecular flexibility index (Phi) is 11.5. The van der Waals surface area contributed by atoms with Crippen molar-refractivity contribution in [2.75, 3.05) is 36.4 Å². The molecule has 0 radical (unpaired) electrons. The minimum Gasteiger partial charge on any atom is -0.491 e. The Morgan fingerprint density at radius 3 is 2.50 bits per heavy atom. The van der Waals surface area contributed by atoms with Gasteiger partial charge in [0.25, 0.3) is 0 Å². The Balaban J connectivity index is 2.96. The van der Waals surface area contributed by atoms with Crippen LogP contribution in [0.25, 0.3) is 0 Å². The lowest BCUT2D eigenvalue weighted by Crippen LogP contribution is -2.32. The van der Waals surface area contributed by atoms with Gasteiger partial charge in [0.1, 0.15) is 11.8 Å². The summed E-state index contributed by atoms with van der Waals surface area (Å²) in [6, 6.07) is 4.75. The molecule has 0 spiro atoms. The van der Waals surface area contributed by atoms with Gasteiger partial charge in [-0.05, 0) is 30.5 Å². The summed E-state index contributed by atoms with van der Waals surface area (Å²) in [4.78, 5) is 13.1. The van der Waals surface area contributed by atoms with Gasteiger partial charge in [-0.1, -0.05) is 32.3 Å². The number of nitrogens with zero attached hydrogens (tertiary/aromatic N) is 1. The van der Waals surface area contributed by atoms with Gasteiger partial charge >= 0.3 is 5.97 Å². The standard InChI is InChI=1S/C19H30Cl2N2O3/c1-2-3-4-5-12-26-18-7-6-15(13-16(22)19(24)25)14-17(18)23(10-8-20)11-9-21/h6-7,14,16H,2-5,8-13,22H2,1H3,(H,24,25). The molecule has 3 N–H and O–H groups in total. The van der Waals surface area contributed by atoms with Gasteiger partial charge in [0.2, 0.25) is 0 Å². The number of halogens is 2. The molecular weight excluding hydrogens is 375 g/mol. The van der Waals surface area contributed by atoms with Crippen LogP contribution in [-0.4, -0.2) is 48.6 Å². The second kappa shape index (κ2) is 13.1. The Morgan fingerprint density at radius 1 is 1.23 bits per heavy atom. The molecular formula is C19H30Cl2N2O3. The number of carbonyl (C=O) groups is 1. The van der Waals surface area contributed by atoms with E-state index >= 15 is 0 Å². The molecule has 1 unspecified atom stereocenters. The molecule has 0 saturated carbocycles. The zero-order valence-electron chi connectivity index (χ0n) is 15.4. The first-order valence-electron chi connectivity index (χ1n) is 9.14. The molecule has 0 amide bonds. The highest BCUT2D eigenvalue weighted by Gasteiger charge is 2.17. The second-order valence-corrected chi connectivity index (χ2v) is 6.98. The third-order valence-electron chi connectivity index (χ3n) is 4.10. The topological polar surface area (TPSA) is 75.8 Å². The molecule has 148 valence electrons. The largest absolute Gasteiger partial charge is 0.491 e. The molecule has 0 aliphatic carbocycles. The van der Waals surface area contributed by atoms with Gasteiger partial charge in [-0.3, -0.25) is 4.79 Å². The maximum Gasteiger partial charge on any atom is 0.320 e. The summed E-state index contributed by atoms with van der Waals surface area (Å²) in [7, 11) is 0. The van der Waals surface area contributed by atoms with Gasteiger partial charge in [-0.15, -0.1) is 23.2 Å². The van der Waals surface area contributed by atoms with Crippen molar-refractivity contribution in [1.29, 1.82) is 0 Å². The van der Waals surface area contributed by atoms with Crippen molar-refractivity contribution in [2.24, 2.45) is 5.73 Å². The molecule has 1 aromatic carbocycles. The van der Waals surface area contributed by atoms with Gasteiger partial charge in [-0.25, -0.2) is 0 Å². The van der Waals surface area contributed by atoms with Crippen molar-refractivity contribution in [3.05, 3.63) is 23.8 Å². The SMILES string of the molecule is CCCCCCOc1ccc(CC(N)C(=O)O)cc1N(CCCl)CCCl. The second-order valence-electron chi connectivity index (χ2n) is 6.23. The number of ether oxygens (including phenoxy) is 1. The van der Waals surface area contributed by atoms with Gasteiger partial charge < -0.3 is 20.5 Å². The number of nitrogens with two attached hydrogens (primary N) is 1. The summed E-state index contributed by atoms with van der Waals surface area (Å²) < 4.78 is 5.99. The van der Waals surface area contributed by atoms with Crippen LogP contribution in [0.5, 0.6) is 5.75 Å². The predicted octanol–water partition coefficient (Wildman–Crippen LogP) is 3.88. The van der Waals surface area contributed by atoms with Gasteiger partial charge in [0.05, 0.1) is 12.3 Å². The lowest BCUT2D eigenvalue weighted by atomic mass is 10.0. The number of benzene rings is 1. The Labute approximate surface area is 166 Å². The number of alkyl halides is 2. The zero-order valence-corrected chi connectivity index (χ0v) is 16.9. The van der Waals surface area contributed by atoms with Crippen LogP contribution in [0.2, 0.25) is 0 Å². The molecule has 1 rings (SSSR count). The zero-order chi connectivity index (χ0) is 19.4. The average Bonchev–Trinajstić information content (AvgIpc) is 2.62. The van der Waals surface area contributed by atoms with E-state index in [-0.39, 0.29) is 6.42 Å². The highest BCUT2D eigenvalue weighted by Crippen LogP contribution is 2.30. The smallest absolute Gasteiger partial charge is 0.320 e. The van der Waals surface area contributed by atoms with Crippen LogP contribution in [0.1, 0.15) is 38.2 Å². The van der Waals surface area contributed by atoms with E-state index in [1.165, 1.54) is 12.8 Å². The summed E-state index contributed by atoms with van der Waals surface area (Å²) >= 11 is 11.9. The lowest BCUT2D eigenvalue weighted by Gasteiger charge is -2.26. The van der Waals surface area contributed by atoms with E-state index < -0.39 is 12.0 Å². The molecule has 1 aromatic rings. The fraction of sp³-hybridized carbons (Fsp3) is 0.632. The summed E-state index contributed by atoms with van der Waals surface area (Å²) in [6.07, 6.45) is 4.79. The van der Waals surface area contributed by atoms with Crippen LogP contribution in [0.4, 0.5) is 5.69 Å². The number of anilines is 1. The molecule has 0 saturated heterocycles. The maximum atomic E-state index is 11.0. The average molecular weight is 405 g/mol. The third kappa shape index (κ3) is 8.02. The van der Waals surface area contributed by atoms with Gasteiger partial charge in [0.15, 0.2) is 0 Å². The normalized spacial score (nSPS) is 12.0. The van der Waals surface area contributed by atoms with E-state index in [0.29, 0.717) is 31.5 Å². The lowest BCUT2D eigenvalue weighted by molar-refractivity contribution is -0.138. The minimum atomic E-state index is -1.01. The summed E-state index contributed by atoms with van der Waals surface area (Å²) in [5.74, 6) is 0.683.